The molecule has 2 N–H and O–H groups in total. The molecule has 0 saturated carbocycles. The minimum atomic E-state index is -0.428. The van der Waals surface area contributed by atoms with Crippen LogP contribution in [0.25, 0.3) is 6.08 Å². The van der Waals surface area contributed by atoms with E-state index >= 15 is 0 Å². The van der Waals surface area contributed by atoms with Crippen LogP contribution in [0.4, 0.5) is 5.69 Å². The third kappa shape index (κ3) is 4.73. The Morgan fingerprint density at radius 1 is 0.963 bits per heavy atom. The molecule has 0 fully saturated rings. The molecular weight excluding hydrogens is 340 g/mol. The van der Waals surface area contributed by atoms with Gasteiger partial charge in [0.25, 0.3) is 11.8 Å². The highest BCUT2D eigenvalue weighted by Crippen LogP contribution is 2.17. The number of carbonyl (C=O) groups is 2. The van der Waals surface area contributed by atoms with Crippen molar-refractivity contribution in [3.8, 4) is 0 Å². The number of hydrogen-bond donors (Lipinski definition) is 2. The van der Waals surface area contributed by atoms with Gasteiger partial charge in [0.05, 0.1) is 6.26 Å². The molecule has 0 aliphatic rings. The Bertz CT molecular complexity index is 974. The number of furan rings is 1. The van der Waals surface area contributed by atoms with Crippen LogP contribution in [0.5, 0.6) is 0 Å². The van der Waals surface area contributed by atoms with Crippen molar-refractivity contribution in [2.45, 2.75) is 13.8 Å². The number of benzene rings is 2. The van der Waals surface area contributed by atoms with Gasteiger partial charge in [0, 0.05) is 17.3 Å². The lowest BCUT2D eigenvalue weighted by molar-refractivity contribution is -0.113. The summed E-state index contributed by atoms with van der Waals surface area (Å²) in [6.45, 7) is 3.90. The van der Waals surface area contributed by atoms with Crippen LogP contribution < -0.4 is 10.6 Å². The zero-order valence-corrected chi connectivity index (χ0v) is 15.2. The summed E-state index contributed by atoms with van der Waals surface area (Å²) in [5.41, 5.74) is 3.29. The number of amides is 2. The average molecular weight is 360 g/mol. The molecule has 5 heteroatoms. The molecule has 2 amide bonds. The Morgan fingerprint density at radius 2 is 1.74 bits per heavy atom. The van der Waals surface area contributed by atoms with E-state index in [1.807, 2.05) is 38.1 Å². The molecule has 0 saturated heterocycles. The Labute approximate surface area is 157 Å². The van der Waals surface area contributed by atoms with E-state index in [-0.39, 0.29) is 11.6 Å². The first kappa shape index (κ1) is 18.2. The van der Waals surface area contributed by atoms with Gasteiger partial charge in [0.15, 0.2) is 0 Å². The molecule has 136 valence electrons. The van der Waals surface area contributed by atoms with Gasteiger partial charge in [-0.2, -0.15) is 0 Å². The normalized spacial score (nSPS) is 11.1. The lowest BCUT2D eigenvalue weighted by atomic mass is 10.1. The Kier molecular flexibility index (Phi) is 5.52. The maximum Gasteiger partial charge on any atom is 0.272 e. The summed E-state index contributed by atoms with van der Waals surface area (Å²) in [7, 11) is 0. The molecule has 27 heavy (non-hydrogen) atoms. The first-order chi connectivity index (χ1) is 13.0. The summed E-state index contributed by atoms with van der Waals surface area (Å²) in [6.07, 6.45) is 3.00. The van der Waals surface area contributed by atoms with Gasteiger partial charge < -0.3 is 15.1 Å². The fraction of sp³-hybridized carbons (Fsp3) is 0.0909. The van der Waals surface area contributed by atoms with Gasteiger partial charge in [-0.3, -0.25) is 9.59 Å². The van der Waals surface area contributed by atoms with Crippen LogP contribution >= 0.6 is 0 Å². The van der Waals surface area contributed by atoms with E-state index < -0.39 is 5.91 Å². The SMILES string of the molecule is Cc1ccc(NC(=O)C(=Cc2ccco2)NC(=O)c2ccccc2)c(C)c1. The summed E-state index contributed by atoms with van der Waals surface area (Å²) in [5, 5.41) is 5.52. The van der Waals surface area contributed by atoms with Crippen molar-refractivity contribution in [1.82, 2.24) is 5.32 Å². The minimum Gasteiger partial charge on any atom is -0.465 e. The molecule has 0 aliphatic heterocycles. The standard InChI is InChI=1S/C22H20N2O3/c1-15-10-11-19(16(2)13-15)23-22(26)20(14-18-9-6-12-27-18)24-21(25)17-7-4-3-5-8-17/h3-14H,1-2H3,(H,23,26)(H,24,25). The lowest BCUT2D eigenvalue weighted by Crippen LogP contribution is -2.30. The van der Waals surface area contributed by atoms with Gasteiger partial charge in [0.2, 0.25) is 0 Å². The van der Waals surface area contributed by atoms with Crippen LogP contribution in [-0.2, 0) is 4.79 Å². The molecule has 5 nitrogen and oxygen atoms in total. The fourth-order valence-corrected chi connectivity index (χ4v) is 2.60. The first-order valence-electron chi connectivity index (χ1n) is 8.53. The predicted octanol–water partition coefficient (Wildman–Crippen LogP) is 4.31. The third-order valence-corrected chi connectivity index (χ3v) is 3.99. The van der Waals surface area contributed by atoms with E-state index in [9.17, 15) is 9.59 Å². The average Bonchev–Trinajstić information content (AvgIpc) is 3.17. The second-order valence-electron chi connectivity index (χ2n) is 6.17. The number of anilines is 1. The molecule has 1 aromatic heterocycles. The molecule has 0 spiro atoms. The van der Waals surface area contributed by atoms with Crippen molar-refractivity contribution in [3.05, 3.63) is 95.1 Å². The summed E-state index contributed by atoms with van der Waals surface area (Å²) in [4.78, 5) is 25.3. The number of carbonyl (C=O) groups excluding carboxylic acids is 2. The molecule has 2 aromatic carbocycles. The monoisotopic (exact) mass is 360 g/mol. The quantitative estimate of drug-likeness (QED) is 0.666. The molecule has 0 atom stereocenters. The Balaban J connectivity index is 1.85. The highest BCUT2D eigenvalue weighted by Gasteiger charge is 2.16. The second kappa shape index (κ2) is 8.19. The summed E-state index contributed by atoms with van der Waals surface area (Å²) in [5.74, 6) is -0.332. The number of rotatable bonds is 5. The largest absolute Gasteiger partial charge is 0.465 e. The van der Waals surface area contributed by atoms with Crippen molar-refractivity contribution in [2.24, 2.45) is 0 Å². The molecule has 0 unspecified atom stereocenters. The molecule has 3 rings (SSSR count). The van der Waals surface area contributed by atoms with Crippen molar-refractivity contribution in [2.75, 3.05) is 5.32 Å². The third-order valence-electron chi connectivity index (χ3n) is 3.99. The number of hydrogen-bond acceptors (Lipinski definition) is 3. The van der Waals surface area contributed by atoms with E-state index in [2.05, 4.69) is 10.6 Å². The van der Waals surface area contributed by atoms with Gasteiger partial charge in [-0.1, -0.05) is 35.9 Å². The minimum absolute atomic E-state index is 0.0961. The summed E-state index contributed by atoms with van der Waals surface area (Å²) >= 11 is 0. The van der Waals surface area contributed by atoms with Gasteiger partial charge in [-0.05, 0) is 49.7 Å². The second-order valence-corrected chi connectivity index (χ2v) is 6.17. The van der Waals surface area contributed by atoms with Crippen LogP contribution in [0.15, 0.2) is 77.0 Å². The van der Waals surface area contributed by atoms with Gasteiger partial charge in [0.1, 0.15) is 11.5 Å². The van der Waals surface area contributed by atoms with Crippen molar-refractivity contribution in [1.29, 1.82) is 0 Å². The van der Waals surface area contributed by atoms with Crippen LogP contribution in [0, 0.1) is 13.8 Å². The van der Waals surface area contributed by atoms with Crippen LogP contribution in [-0.4, -0.2) is 11.8 Å². The maximum absolute atomic E-state index is 12.8. The van der Waals surface area contributed by atoms with Gasteiger partial charge in [-0.25, -0.2) is 0 Å². The van der Waals surface area contributed by atoms with E-state index in [4.69, 9.17) is 4.42 Å². The van der Waals surface area contributed by atoms with Crippen LogP contribution in [0.3, 0.4) is 0 Å². The van der Waals surface area contributed by atoms with E-state index in [1.165, 1.54) is 12.3 Å². The predicted molar refractivity (Wildman–Crippen MR) is 105 cm³/mol. The smallest absolute Gasteiger partial charge is 0.272 e. The zero-order chi connectivity index (χ0) is 19.2. The van der Waals surface area contributed by atoms with E-state index in [0.717, 1.165) is 11.1 Å². The Morgan fingerprint density at radius 3 is 2.41 bits per heavy atom. The van der Waals surface area contributed by atoms with Crippen molar-refractivity contribution in [3.63, 3.8) is 0 Å². The zero-order valence-electron chi connectivity index (χ0n) is 15.2. The molecule has 1 heterocycles. The first-order valence-corrected chi connectivity index (χ1v) is 8.53. The van der Waals surface area contributed by atoms with Crippen LogP contribution in [0.2, 0.25) is 0 Å². The molecule has 0 bridgehead atoms. The summed E-state index contributed by atoms with van der Waals surface area (Å²) < 4.78 is 5.28. The van der Waals surface area contributed by atoms with Gasteiger partial charge in [-0.15, -0.1) is 0 Å². The fourth-order valence-electron chi connectivity index (χ4n) is 2.60. The Hall–Kier alpha value is -3.60. The maximum atomic E-state index is 12.8. The van der Waals surface area contributed by atoms with E-state index in [0.29, 0.717) is 17.0 Å². The summed E-state index contributed by atoms with van der Waals surface area (Å²) in [6, 6.07) is 17.9. The highest BCUT2D eigenvalue weighted by molar-refractivity contribution is 6.10. The van der Waals surface area contributed by atoms with Crippen molar-refractivity contribution < 1.29 is 14.0 Å². The molecule has 0 radical (unpaired) electrons. The van der Waals surface area contributed by atoms with Gasteiger partial charge >= 0.3 is 0 Å². The van der Waals surface area contributed by atoms with Crippen molar-refractivity contribution >= 4 is 23.6 Å². The molecule has 0 aliphatic carbocycles. The molecular formula is C22H20N2O3. The van der Waals surface area contributed by atoms with Crippen LogP contribution in [0.1, 0.15) is 27.2 Å². The lowest BCUT2D eigenvalue weighted by Gasteiger charge is -2.12. The molecule has 3 aromatic rings. The highest BCUT2D eigenvalue weighted by atomic mass is 16.3. The number of nitrogens with one attached hydrogen (secondary N) is 2. The number of aryl methyl sites for hydroxylation is 2. The van der Waals surface area contributed by atoms with E-state index in [1.54, 1.807) is 36.4 Å². The topological polar surface area (TPSA) is 71.3 Å².